The van der Waals surface area contributed by atoms with Crippen LogP contribution in [0.2, 0.25) is 5.02 Å². The fourth-order valence-electron chi connectivity index (χ4n) is 6.17. The zero-order valence-corrected chi connectivity index (χ0v) is 28.0. The molecule has 1 fully saturated rings. The smallest absolute Gasteiger partial charge is 0.255 e. The average molecular weight is 695 g/mol. The van der Waals surface area contributed by atoms with Crippen molar-refractivity contribution in [1.82, 2.24) is 24.4 Å². The van der Waals surface area contributed by atoms with E-state index in [0.29, 0.717) is 28.6 Å². The van der Waals surface area contributed by atoms with Crippen molar-refractivity contribution in [3.8, 4) is 5.88 Å². The molecule has 8 rings (SSSR count). The van der Waals surface area contributed by atoms with E-state index in [2.05, 4.69) is 25.8 Å². The van der Waals surface area contributed by atoms with Crippen molar-refractivity contribution in [1.29, 1.82) is 0 Å². The van der Waals surface area contributed by atoms with Crippen molar-refractivity contribution in [2.24, 2.45) is 0 Å². The number of nitrogens with one attached hydrogen (secondary N) is 1. The van der Waals surface area contributed by atoms with Crippen LogP contribution in [-0.4, -0.2) is 56.1 Å². The third-order valence-corrected chi connectivity index (χ3v) is 9.99. The van der Waals surface area contributed by atoms with E-state index < -0.39 is 5.82 Å². The summed E-state index contributed by atoms with van der Waals surface area (Å²) in [5.41, 5.74) is 8.18. The van der Waals surface area contributed by atoms with E-state index in [9.17, 15) is 9.18 Å². The summed E-state index contributed by atoms with van der Waals surface area (Å²) in [6.07, 6.45) is 4.18. The third-order valence-electron chi connectivity index (χ3n) is 8.96. The molecule has 3 aromatic heterocycles. The first-order valence-electron chi connectivity index (χ1n) is 16.2. The van der Waals surface area contributed by atoms with Crippen molar-refractivity contribution in [2.45, 2.75) is 38.6 Å². The molecule has 1 saturated heterocycles. The number of hydrogen-bond donors (Lipinski definition) is 1. The molecule has 9 nitrogen and oxygen atoms in total. The van der Waals surface area contributed by atoms with Crippen molar-refractivity contribution < 1.29 is 18.7 Å². The molecule has 0 saturated carbocycles. The SMILES string of the molecule is O=C(Nc1ccc2ncsc2c1)c1ccc2c(c1)nc(CN1CC=C(c3cccc(OCc4ccc(Cl)cc4F)n3)CC1)n2C[C@@H]1CCO1. The van der Waals surface area contributed by atoms with Gasteiger partial charge in [-0.15, -0.1) is 11.3 Å². The van der Waals surface area contributed by atoms with Crippen LogP contribution in [0, 0.1) is 5.82 Å². The minimum Gasteiger partial charge on any atom is -0.473 e. The topological polar surface area (TPSA) is 94.4 Å². The van der Waals surface area contributed by atoms with E-state index in [4.69, 9.17) is 31.0 Å². The molecule has 12 heteroatoms. The van der Waals surface area contributed by atoms with E-state index in [0.717, 1.165) is 83.1 Å². The molecular weight excluding hydrogens is 663 g/mol. The molecule has 0 unspecified atom stereocenters. The van der Waals surface area contributed by atoms with Crippen molar-refractivity contribution in [2.75, 3.05) is 25.0 Å². The minimum atomic E-state index is -0.403. The van der Waals surface area contributed by atoms with Crippen LogP contribution < -0.4 is 10.1 Å². The summed E-state index contributed by atoms with van der Waals surface area (Å²) in [4.78, 5) is 29.7. The monoisotopic (exact) mass is 694 g/mol. The Morgan fingerprint density at radius 3 is 2.82 bits per heavy atom. The molecule has 3 aromatic carbocycles. The van der Waals surface area contributed by atoms with Crippen LogP contribution in [0.4, 0.5) is 10.1 Å². The van der Waals surface area contributed by atoms with Gasteiger partial charge in [-0.3, -0.25) is 9.69 Å². The Balaban J connectivity index is 0.963. The predicted octanol–water partition coefficient (Wildman–Crippen LogP) is 7.74. The lowest BCUT2D eigenvalue weighted by Crippen LogP contribution is -2.33. The summed E-state index contributed by atoms with van der Waals surface area (Å²) < 4.78 is 29.1. The number of rotatable bonds is 10. The molecule has 1 N–H and O–H groups in total. The predicted molar refractivity (Wildman–Crippen MR) is 190 cm³/mol. The highest BCUT2D eigenvalue weighted by Gasteiger charge is 2.24. The Morgan fingerprint density at radius 2 is 2.00 bits per heavy atom. The molecular formula is C37H32ClFN6O3S. The molecule has 49 heavy (non-hydrogen) atoms. The maximum absolute atomic E-state index is 14.2. The molecule has 248 valence electrons. The van der Waals surface area contributed by atoms with Gasteiger partial charge in [-0.1, -0.05) is 29.8 Å². The van der Waals surface area contributed by atoms with Gasteiger partial charge >= 0.3 is 0 Å². The number of halogens is 2. The molecule has 6 aromatic rings. The number of pyridine rings is 1. The van der Waals surface area contributed by atoms with Gasteiger partial charge in [0.05, 0.1) is 51.6 Å². The lowest BCUT2D eigenvalue weighted by Gasteiger charge is -2.29. The lowest BCUT2D eigenvalue weighted by atomic mass is 10.0. The number of anilines is 1. The van der Waals surface area contributed by atoms with Crippen molar-refractivity contribution in [3.05, 3.63) is 118 Å². The number of nitrogens with zero attached hydrogens (tertiary/aromatic N) is 5. The van der Waals surface area contributed by atoms with E-state index in [1.807, 2.05) is 48.5 Å². The molecule has 1 atom stereocenters. The number of aromatic nitrogens is 4. The van der Waals surface area contributed by atoms with E-state index in [-0.39, 0.29) is 18.6 Å². The fraction of sp³-hybridized carbons (Fsp3) is 0.243. The molecule has 5 heterocycles. The Labute approximate surface area is 291 Å². The number of thiazole rings is 1. The van der Waals surface area contributed by atoms with Crippen molar-refractivity contribution in [3.63, 3.8) is 0 Å². The number of hydrogen-bond acceptors (Lipinski definition) is 8. The quantitative estimate of drug-likeness (QED) is 0.157. The van der Waals surface area contributed by atoms with E-state index >= 15 is 0 Å². The highest BCUT2D eigenvalue weighted by Crippen LogP contribution is 2.28. The highest BCUT2D eigenvalue weighted by molar-refractivity contribution is 7.16. The Morgan fingerprint density at radius 1 is 1.08 bits per heavy atom. The Bertz CT molecular complexity index is 2210. The van der Waals surface area contributed by atoms with Gasteiger partial charge in [0.25, 0.3) is 5.91 Å². The largest absolute Gasteiger partial charge is 0.473 e. The zero-order chi connectivity index (χ0) is 33.3. The van der Waals surface area contributed by atoms with E-state index in [1.165, 1.54) is 6.07 Å². The molecule has 2 aliphatic heterocycles. The maximum Gasteiger partial charge on any atom is 0.255 e. The summed E-state index contributed by atoms with van der Waals surface area (Å²) in [5.74, 6) is 0.798. The second kappa shape index (κ2) is 13.7. The molecule has 0 spiro atoms. The number of amides is 1. The molecule has 0 radical (unpaired) electrons. The first-order valence-corrected chi connectivity index (χ1v) is 17.4. The number of carbonyl (C=O) groups is 1. The summed E-state index contributed by atoms with van der Waals surface area (Å²) in [7, 11) is 0. The van der Waals surface area contributed by atoms with Crippen LogP contribution in [-0.2, 0) is 24.4 Å². The van der Waals surface area contributed by atoms with Crippen LogP contribution >= 0.6 is 22.9 Å². The summed E-state index contributed by atoms with van der Waals surface area (Å²) in [6.45, 7) is 3.79. The second-order valence-corrected chi connectivity index (χ2v) is 13.5. The van der Waals surface area contributed by atoms with Gasteiger partial charge in [0, 0.05) is 47.6 Å². The van der Waals surface area contributed by atoms with Crippen LogP contribution in [0.15, 0.2) is 84.4 Å². The van der Waals surface area contributed by atoms with Gasteiger partial charge in [0.15, 0.2) is 0 Å². The van der Waals surface area contributed by atoms with Gasteiger partial charge in [0.2, 0.25) is 5.88 Å². The zero-order valence-electron chi connectivity index (χ0n) is 26.4. The first-order chi connectivity index (χ1) is 23.9. The van der Waals surface area contributed by atoms with E-state index in [1.54, 1.807) is 35.0 Å². The lowest BCUT2D eigenvalue weighted by molar-refractivity contribution is -0.0591. The molecule has 2 aliphatic rings. The summed E-state index contributed by atoms with van der Waals surface area (Å²) >= 11 is 7.42. The third kappa shape index (κ3) is 6.93. The fourth-order valence-corrected chi connectivity index (χ4v) is 7.04. The normalized spacial score (nSPS) is 16.4. The number of imidazole rings is 1. The van der Waals surface area contributed by atoms with Crippen LogP contribution in [0.1, 0.15) is 40.3 Å². The summed E-state index contributed by atoms with van der Waals surface area (Å²) in [6, 6.07) is 21.6. The molecule has 0 bridgehead atoms. The van der Waals surface area contributed by atoms with Gasteiger partial charge in [0.1, 0.15) is 18.2 Å². The first kappa shape index (κ1) is 31.6. The number of carbonyl (C=O) groups excluding carboxylic acids is 1. The highest BCUT2D eigenvalue weighted by atomic mass is 35.5. The number of benzene rings is 3. The maximum atomic E-state index is 14.2. The Kier molecular flexibility index (Phi) is 8.81. The molecule has 1 amide bonds. The minimum absolute atomic E-state index is 0.0645. The number of ether oxygens (including phenoxy) is 2. The average Bonchev–Trinajstić information content (AvgIpc) is 3.70. The van der Waals surface area contributed by atoms with Gasteiger partial charge in [-0.2, -0.15) is 0 Å². The summed E-state index contributed by atoms with van der Waals surface area (Å²) in [5, 5.41) is 3.37. The van der Waals surface area contributed by atoms with Crippen LogP contribution in [0.3, 0.4) is 0 Å². The number of fused-ring (bicyclic) bond motifs is 2. The van der Waals surface area contributed by atoms with Crippen molar-refractivity contribution >= 4 is 61.4 Å². The van der Waals surface area contributed by atoms with Crippen LogP contribution in [0.5, 0.6) is 5.88 Å². The van der Waals surface area contributed by atoms with Gasteiger partial charge in [-0.25, -0.2) is 19.3 Å². The van der Waals surface area contributed by atoms with Gasteiger partial charge < -0.3 is 19.4 Å². The molecule has 0 aliphatic carbocycles. The van der Waals surface area contributed by atoms with Crippen LogP contribution in [0.25, 0.3) is 26.8 Å². The second-order valence-electron chi connectivity index (χ2n) is 12.2. The Hall–Kier alpha value is -4.68. The standard InChI is InChI=1S/C37H32ClFN6O3S/c38-26-6-4-25(29(39)17-26)21-48-36-3-1-2-30(43-36)23-10-13-44(14-11-23)20-35-42-32-16-24(5-9-33(32)45(35)19-28-12-15-47-28)37(46)41-27-7-8-31-34(18-27)49-22-40-31/h1-10,16-18,22,28H,11-15,19-21H2,(H,41,46)/t28-/m0/s1. The van der Waals surface area contributed by atoms with Gasteiger partial charge in [-0.05, 0) is 73.0 Å².